The third kappa shape index (κ3) is 4.41. The summed E-state index contributed by atoms with van der Waals surface area (Å²) in [6, 6.07) is 14.3. The average Bonchev–Trinajstić information content (AvgIpc) is 3.05. The summed E-state index contributed by atoms with van der Waals surface area (Å²) in [5.74, 6) is -0.164. The van der Waals surface area contributed by atoms with Gasteiger partial charge in [-0.1, -0.05) is 41.6 Å². The van der Waals surface area contributed by atoms with E-state index < -0.39 is 9.84 Å². The molecular weight excluding hydrogens is 422 g/mol. The lowest BCUT2D eigenvalue weighted by Gasteiger charge is -2.14. The number of benzene rings is 2. The number of aromatic nitrogens is 2. The Morgan fingerprint density at radius 1 is 1.20 bits per heavy atom. The molecule has 1 saturated heterocycles. The molecule has 1 fully saturated rings. The Labute approximate surface area is 178 Å². The number of para-hydroxylation sites is 1. The first-order chi connectivity index (χ1) is 14.3. The largest absolute Gasteiger partial charge is 0.352 e. The highest BCUT2D eigenvalue weighted by Crippen LogP contribution is 2.22. The molecule has 2 heterocycles. The molecule has 1 aliphatic rings. The highest BCUT2D eigenvalue weighted by atomic mass is 32.2. The number of nitrogens with one attached hydrogen (secondary N) is 1. The van der Waals surface area contributed by atoms with Crippen molar-refractivity contribution in [2.75, 3.05) is 17.3 Å². The maximum Gasteiger partial charge on any atom is 0.266 e. The van der Waals surface area contributed by atoms with E-state index >= 15 is 0 Å². The van der Waals surface area contributed by atoms with Crippen molar-refractivity contribution in [1.82, 2.24) is 14.9 Å². The van der Waals surface area contributed by atoms with Crippen molar-refractivity contribution >= 4 is 38.4 Å². The zero-order valence-electron chi connectivity index (χ0n) is 16.4. The third-order valence-electron chi connectivity index (χ3n) is 4.97. The summed E-state index contributed by atoms with van der Waals surface area (Å²) >= 11 is 1.16. The molecule has 0 radical (unpaired) electrons. The summed E-state index contributed by atoms with van der Waals surface area (Å²) in [5.41, 5.74) is 2.11. The van der Waals surface area contributed by atoms with E-state index in [9.17, 15) is 18.0 Å². The molecule has 0 spiro atoms. The molecule has 2 aromatic carbocycles. The number of aryl methyl sites for hydroxylation is 1. The number of carbonyl (C=O) groups is 1. The van der Waals surface area contributed by atoms with Gasteiger partial charge in [-0.3, -0.25) is 14.2 Å². The van der Waals surface area contributed by atoms with Crippen LogP contribution < -0.4 is 10.9 Å². The van der Waals surface area contributed by atoms with Crippen molar-refractivity contribution in [2.24, 2.45) is 0 Å². The van der Waals surface area contributed by atoms with E-state index in [-0.39, 0.29) is 34.8 Å². The topological polar surface area (TPSA) is 98.1 Å². The maximum atomic E-state index is 13.2. The van der Waals surface area contributed by atoms with Gasteiger partial charge < -0.3 is 5.32 Å². The monoisotopic (exact) mass is 443 g/mol. The highest BCUT2D eigenvalue weighted by molar-refractivity contribution is 7.99. The normalized spacial score (nSPS) is 17.8. The summed E-state index contributed by atoms with van der Waals surface area (Å²) in [4.78, 5) is 30.2. The van der Waals surface area contributed by atoms with Crippen LogP contribution in [0.3, 0.4) is 0 Å². The molecule has 9 heteroatoms. The van der Waals surface area contributed by atoms with Crippen LogP contribution in [0.2, 0.25) is 0 Å². The molecule has 0 aliphatic carbocycles. The van der Waals surface area contributed by atoms with E-state index in [1.54, 1.807) is 18.2 Å². The minimum atomic E-state index is -3.06. The number of fused-ring (bicyclic) bond motifs is 1. The van der Waals surface area contributed by atoms with Crippen molar-refractivity contribution in [2.45, 2.75) is 24.5 Å². The summed E-state index contributed by atoms with van der Waals surface area (Å²) in [6.45, 7) is 1.97. The number of nitrogens with zero attached hydrogens (tertiary/aromatic N) is 2. The van der Waals surface area contributed by atoms with E-state index in [0.29, 0.717) is 28.2 Å². The standard InChI is InChI=1S/C21H21N3O4S2/c1-14-6-8-16(9-7-14)24-20(26)17-4-2-3-5-18(17)23-21(24)29-12-19(25)22-15-10-11-30(27,28)13-15/h2-9,15H,10-13H2,1H3,(H,22,25)/t15-/m1/s1. The minimum absolute atomic E-state index is 0.0221. The van der Waals surface area contributed by atoms with Crippen LogP contribution in [-0.4, -0.2) is 47.2 Å². The van der Waals surface area contributed by atoms with Crippen molar-refractivity contribution in [3.05, 3.63) is 64.4 Å². The molecule has 0 saturated carbocycles. The Morgan fingerprint density at radius 2 is 1.93 bits per heavy atom. The van der Waals surface area contributed by atoms with E-state index in [4.69, 9.17) is 0 Å². The molecule has 1 N–H and O–H groups in total. The number of carbonyl (C=O) groups excluding carboxylic acids is 1. The first-order valence-electron chi connectivity index (χ1n) is 9.54. The van der Waals surface area contributed by atoms with Gasteiger partial charge in [0, 0.05) is 6.04 Å². The molecule has 7 nitrogen and oxygen atoms in total. The Balaban J connectivity index is 1.62. The fraction of sp³-hybridized carbons (Fsp3) is 0.286. The van der Waals surface area contributed by atoms with Crippen molar-refractivity contribution < 1.29 is 13.2 Å². The number of hydrogen-bond acceptors (Lipinski definition) is 6. The van der Waals surface area contributed by atoms with Gasteiger partial charge in [-0.05, 0) is 37.6 Å². The second-order valence-electron chi connectivity index (χ2n) is 7.34. The summed E-state index contributed by atoms with van der Waals surface area (Å²) < 4.78 is 24.7. The molecule has 0 bridgehead atoms. The van der Waals surface area contributed by atoms with Gasteiger partial charge in [-0.15, -0.1) is 0 Å². The summed E-state index contributed by atoms with van der Waals surface area (Å²) in [5, 5.41) is 3.69. The van der Waals surface area contributed by atoms with Crippen molar-refractivity contribution in [1.29, 1.82) is 0 Å². The van der Waals surface area contributed by atoms with Gasteiger partial charge in [0.1, 0.15) is 0 Å². The zero-order valence-corrected chi connectivity index (χ0v) is 18.0. The average molecular weight is 444 g/mol. The molecule has 1 aromatic heterocycles. The zero-order chi connectivity index (χ0) is 21.3. The number of thioether (sulfide) groups is 1. The Kier molecular flexibility index (Phi) is 5.66. The number of rotatable bonds is 5. The Hall–Kier alpha value is -2.65. The van der Waals surface area contributed by atoms with E-state index in [0.717, 1.165) is 17.3 Å². The fourth-order valence-corrected chi connectivity index (χ4v) is 5.94. The smallest absolute Gasteiger partial charge is 0.266 e. The summed E-state index contributed by atoms with van der Waals surface area (Å²) in [7, 11) is -3.06. The Morgan fingerprint density at radius 3 is 2.63 bits per heavy atom. The Bertz CT molecular complexity index is 1270. The second kappa shape index (κ2) is 8.23. The predicted octanol–water partition coefficient (Wildman–Crippen LogP) is 2.09. The van der Waals surface area contributed by atoms with E-state index in [2.05, 4.69) is 10.3 Å². The number of sulfone groups is 1. The van der Waals surface area contributed by atoms with Gasteiger partial charge in [0.2, 0.25) is 5.91 Å². The second-order valence-corrected chi connectivity index (χ2v) is 10.5. The molecule has 3 aromatic rings. The van der Waals surface area contributed by atoms with Gasteiger partial charge in [-0.2, -0.15) is 0 Å². The number of hydrogen-bond donors (Lipinski definition) is 1. The van der Waals surface area contributed by atoms with E-state index in [1.165, 1.54) is 4.57 Å². The first kappa shape index (κ1) is 20.6. The molecule has 0 unspecified atom stereocenters. The third-order valence-corrected chi connectivity index (χ3v) is 7.67. The van der Waals surface area contributed by atoms with Crippen LogP contribution in [0.15, 0.2) is 58.5 Å². The predicted molar refractivity (Wildman–Crippen MR) is 118 cm³/mol. The molecule has 1 atom stereocenters. The molecule has 156 valence electrons. The minimum Gasteiger partial charge on any atom is -0.352 e. The van der Waals surface area contributed by atoms with Crippen LogP contribution in [0.25, 0.3) is 16.6 Å². The number of amides is 1. The lowest BCUT2D eigenvalue weighted by molar-refractivity contribution is -0.119. The van der Waals surface area contributed by atoms with Crippen LogP contribution in [0, 0.1) is 6.92 Å². The molecule has 30 heavy (non-hydrogen) atoms. The quantitative estimate of drug-likeness (QED) is 0.479. The van der Waals surface area contributed by atoms with Crippen LogP contribution in [-0.2, 0) is 14.6 Å². The maximum absolute atomic E-state index is 13.2. The van der Waals surface area contributed by atoms with Gasteiger partial charge in [0.15, 0.2) is 15.0 Å². The SMILES string of the molecule is Cc1ccc(-n2c(SCC(=O)N[C@@H]3CCS(=O)(=O)C3)nc3ccccc3c2=O)cc1. The van der Waals surface area contributed by atoms with Crippen LogP contribution in [0.5, 0.6) is 0 Å². The van der Waals surface area contributed by atoms with Gasteiger partial charge in [0.05, 0.1) is 33.8 Å². The van der Waals surface area contributed by atoms with Crippen LogP contribution in [0.1, 0.15) is 12.0 Å². The first-order valence-corrected chi connectivity index (χ1v) is 12.3. The van der Waals surface area contributed by atoms with Gasteiger partial charge in [0.25, 0.3) is 5.56 Å². The van der Waals surface area contributed by atoms with Crippen LogP contribution >= 0.6 is 11.8 Å². The van der Waals surface area contributed by atoms with E-state index in [1.807, 2.05) is 37.3 Å². The van der Waals surface area contributed by atoms with Gasteiger partial charge in [-0.25, -0.2) is 13.4 Å². The highest BCUT2D eigenvalue weighted by Gasteiger charge is 2.29. The molecule has 1 amide bonds. The van der Waals surface area contributed by atoms with Gasteiger partial charge >= 0.3 is 0 Å². The summed E-state index contributed by atoms with van der Waals surface area (Å²) in [6.07, 6.45) is 0.432. The lowest BCUT2D eigenvalue weighted by Crippen LogP contribution is -2.36. The van der Waals surface area contributed by atoms with Crippen molar-refractivity contribution in [3.63, 3.8) is 0 Å². The molecule has 1 aliphatic heterocycles. The fourth-order valence-electron chi connectivity index (χ4n) is 3.44. The van der Waals surface area contributed by atoms with Crippen LogP contribution in [0.4, 0.5) is 0 Å². The lowest BCUT2D eigenvalue weighted by atomic mass is 10.2. The molecular formula is C21H21N3O4S2. The molecule has 4 rings (SSSR count). The van der Waals surface area contributed by atoms with Crippen molar-refractivity contribution in [3.8, 4) is 5.69 Å².